The molecule has 144 valence electrons. The standard InChI is InChI=1S/C19H22N2O5S/c1-25-18-10-9-16(27(23,24)20-13-15-8-5-11-26-15)12-17(18)21-19(22)14-6-3-2-4-7-14/h2-4,6-7,9-10,12,15,20H,5,8,11,13H2,1H3,(H,21,22)/t15-/m0/s1. The molecule has 0 bridgehead atoms. The Hall–Kier alpha value is -2.42. The average molecular weight is 390 g/mol. The van der Waals surface area contributed by atoms with E-state index in [9.17, 15) is 13.2 Å². The van der Waals surface area contributed by atoms with Gasteiger partial charge in [-0.3, -0.25) is 4.79 Å². The number of methoxy groups -OCH3 is 1. The van der Waals surface area contributed by atoms with E-state index in [1.54, 1.807) is 24.3 Å². The molecule has 1 aliphatic rings. The lowest BCUT2D eigenvalue weighted by atomic mass is 10.2. The smallest absolute Gasteiger partial charge is 0.255 e. The van der Waals surface area contributed by atoms with E-state index in [1.165, 1.54) is 25.3 Å². The summed E-state index contributed by atoms with van der Waals surface area (Å²) >= 11 is 0. The average Bonchev–Trinajstić information content (AvgIpc) is 3.21. The van der Waals surface area contributed by atoms with Gasteiger partial charge in [0.15, 0.2) is 0 Å². The zero-order valence-corrected chi connectivity index (χ0v) is 15.8. The molecule has 2 aromatic rings. The molecule has 1 heterocycles. The van der Waals surface area contributed by atoms with E-state index in [4.69, 9.17) is 9.47 Å². The van der Waals surface area contributed by atoms with Crippen molar-refractivity contribution in [3.63, 3.8) is 0 Å². The summed E-state index contributed by atoms with van der Waals surface area (Å²) in [5.74, 6) is 0.0214. The van der Waals surface area contributed by atoms with Crippen LogP contribution in [-0.4, -0.2) is 40.7 Å². The van der Waals surface area contributed by atoms with E-state index < -0.39 is 10.0 Å². The summed E-state index contributed by atoms with van der Waals surface area (Å²) in [6.07, 6.45) is 1.67. The fourth-order valence-corrected chi connectivity index (χ4v) is 3.92. The molecule has 1 fully saturated rings. The molecule has 0 aromatic heterocycles. The second-order valence-corrected chi connectivity index (χ2v) is 7.94. The SMILES string of the molecule is COc1ccc(S(=O)(=O)NC[C@@H]2CCCO2)cc1NC(=O)c1ccccc1. The molecule has 1 amide bonds. The molecule has 8 heteroatoms. The first-order chi connectivity index (χ1) is 13.0. The predicted octanol–water partition coefficient (Wildman–Crippen LogP) is 2.40. The highest BCUT2D eigenvalue weighted by Gasteiger charge is 2.21. The third-order valence-electron chi connectivity index (χ3n) is 4.29. The summed E-state index contributed by atoms with van der Waals surface area (Å²) in [4.78, 5) is 12.4. The van der Waals surface area contributed by atoms with Crippen molar-refractivity contribution in [3.8, 4) is 5.75 Å². The molecule has 27 heavy (non-hydrogen) atoms. The van der Waals surface area contributed by atoms with Crippen LogP contribution in [-0.2, 0) is 14.8 Å². The van der Waals surface area contributed by atoms with Crippen molar-refractivity contribution in [1.29, 1.82) is 0 Å². The minimum absolute atomic E-state index is 0.0460. The summed E-state index contributed by atoms with van der Waals surface area (Å²) in [6, 6.07) is 13.0. The third kappa shape index (κ3) is 4.85. The zero-order chi connectivity index (χ0) is 19.3. The summed E-state index contributed by atoms with van der Waals surface area (Å²) in [5, 5.41) is 2.71. The van der Waals surface area contributed by atoms with Crippen LogP contribution in [0.4, 0.5) is 5.69 Å². The molecule has 0 saturated carbocycles. The molecular weight excluding hydrogens is 368 g/mol. The van der Waals surface area contributed by atoms with Crippen LogP contribution in [0.2, 0.25) is 0 Å². The molecule has 1 aliphatic heterocycles. The summed E-state index contributed by atoms with van der Waals surface area (Å²) < 4.78 is 38.4. The van der Waals surface area contributed by atoms with Gasteiger partial charge in [-0.25, -0.2) is 13.1 Å². The molecule has 7 nitrogen and oxygen atoms in total. The van der Waals surface area contributed by atoms with Crippen molar-refractivity contribution >= 4 is 21.6 Å². The van der Waals surface area contributed by atoms with Crippen molar-refractivity contribution in [1.82, 2.24) is 4.72 Å². The Labute approximate surface area is 158 Å². The Balaban J connectivity index is 1.78. The number of amides is 1. The minimum Gasteiger partial charge on any atom is -0.495 e. The number of rotatable bonds is 7. The lowest BCUT2D eigenvalue weighted by molar-refractivity contribution is 0.102. The number of carbonyl (C=O) groups excluding carboxylic acids is 1. The van der Waals surface area contributed by atoms with Gasteiger partial charge in [-0.1, -0.05) is 18.2 Å². The maximum absolute atomic E-state index is 12.6. The van der Waals surface area contributed by atoms with Crippen molar-refractivity contribution in [2.75, 3.05) is 25.6 Å². The first-order valence-corrected chi connectivity index (χ1v) is 10.1. The van der Waals surface area contributed by atoms with Crippen LogP contribution in [0.25, 0.3) is 0 Å². The third-order valence-corrected chi connectivity index (χ3v) is 5.71. The second-order valence-electron chi connectivity index (χ2n) is 6.17. The Morgan fingerprint density at radius 3 is 2.67 bits per heavy atom. The fourth-order valence-electron chi connectivity index (χ4n) is 2.83. The van der Waals surface area contributed by atoms with Crippen molar-refractivity contribution in [2.24, 2.45) is 0 Å². The van der Waals surface area contributed by atoms with E-state index in [0.29, 0.717) is 17.9 Å². The van der Waals surface area contributed by atoms with E-state index in [1.807, 2.05) is 6.07 Å². The second kappa shape index (κ2) is 8.51. The Morgan fingerprint density at radius 2 is 2.00 bits per heavy atom. The van der Waals surface area contributed by atoms with Gasteiger partial charge in [-0.05, 0) is 43.2 Å². The highest BCUT2D eigenvalue weighted by atomic mass is 32.2. The Morgan fingerprint density at radius 1 is 1.22 bits per heavy atom. The van der Waals surface area contributed by atoms with Gasteiger partial charge in [0.1, 0.15) is 5.75 Å². The van der Waals surface area contributed by atoms with Crippen molar-refractivity contribution in [3.05, 3.63) is 54.1 Å². The van der Waals surface area contributed by atoms with Crippen LogP contribution in [0.1, 0.15) is 23.2 Å². The van der Waals surface area contributed by atoms with Crippen LogP contribution in [0.5, 0.6) is 5.75 Å². The molecule has 2 N–H and O–H groups in total. The molecular formula is C19H22N2O5S. The maximum atomic E-state index is 12.6. The van der Waals surface area contributed by atoms with E-state index in [0.717, 1.165) is 12.8 Å². The summed E-state index contributed by atoms with van der Waals surface area (Å²) in [7, 11) is -2.28. The van der Waals surface area contributed by atoms with Crippen molar-refractivity contribution < 1.29 is 22.7 Å². The number of benzene rings is 2. The normalized spacial score (nSPS) is 16.9. The Kier molecular flexibility index (Phi) is 6.10. The number of hydrogen-bond acceptors (Lipinski definition) is 5. The molecule has 0 aliphatic carbocycles. The zero-order valence-electron chi connectivity index (χ0n) is 15.0. The summed E-state index contributed by atoms with van der Waals surface area (Å²) in [5.41, 5.74) is 0.746. The van der Waals surface area contributed by atoms with Gasteiger partial charge in [-0.15, -0.1) is 0 Å². The van der Waals surface area contributed by atoms with Gasteiger partial charge in [-0.2, -0.15) is 0 Å². The van der Waals surface area contributed by atoms with Crippen LogP contribution in [0.3, 0.4) is 0 Å². The van der Waals surface area contributed by atoms with Gasteiger partial charge in [0.2, 0.25) is 10.0 Å². The topological polar surface area (TPSA) is 93.7 Å². The lowest BCUT2D eigenvalue weighted by Crippen LogP contribution is -2.31. The summed E-state index contributed by atoms with van der Waals surface area (Å²) in [6.45, 7) is 0.880. The monoisotopic (exact) mass is 390 g/mol. The molecule has 3 rings (SSSR count). The molecule has 0 radical (unpaired) electrons. The molecule has 0 spiro atoms. The van der Waals surface area contributed by atoms with Crippen LogP contribution in [0, 0.1) is 0 Å². The maximum Gasteiger partial charge on any atom is 0.255 e. The van der Waals surface area contributed by atoms with E-state index in [2.05, 4.69) is 10.0 Å². The van der Waals surface area contributed by atoms with Gasteiger partial charge < -0.3 is 14.8 Å². The number of nitrogens with one attached hydrogen (secondary N) is 2. The Bertz CT molecular complexity index is 894. The van der Waals surface area contributed by atoms with Crippen molar-refractivity contribution in [2.45, 2.75) is 23.8 Å². The highest BCUT2D eigenvalue weighted by Crippen LogP contribution is 2.28. The van der Waals surface area contributed by atoms with Gasteiger partial charge in [0, 0.05) is 18.7 Å². The molecule has 0 unspecified atom stereocenters. The quantitative estimate of drug-likeness (QED) is 0.757. The van der Waals surface area contributed by atoms with Crippen LogP contribution < -0.4 is 14.8 Å². The van der Waals surface area contributed by atoms with Gasteiger partial charge in [0.05, 0.1) is 23.8 Å². The number of sulfonamides is 1. The molecule has 1 saturated heterocycles. The molecule has 1 atom stereocenters. The predicted molar refractivity (Wildman–Crippen MR) is 102 cm³/mol. The van der Waals surface area contributed by atoms with Gasteiger partial charge in [0.25, 0.3) is 5.91 Å². The molecule has 2 aromatic carbocycles. The van der Waals surface area contributed by atoms with Gasteiger partial charge >= 0.3 is 0 Å². The number of anilines is 1. The van der Waals surface area contributed by atoms with Crippen LogP contribution >= 0.6 is 0 Å². The number of ether oxygens (including phenoxy) is 2. The first-order valence-electron chi connectivity index (χ1n) is 8.65. The van der Waals surface area contributed by atoms with E-state index >= 15 is 0 Å². The largest absolute Gasteiger partial charge is 0.495 e. The van der Waals surface area contributed by atoms with Crippen LogP contribution in [0.15, 0.2) is 53.4 Å². The highest BCUT2D eigenvalue weighted by molar-refractivity contribution is 7.89. The number of carbonyl (C=O) groups is 1. The lowest BCUT2D eigenvalue weighted by Gasteiger charge is -2.14. The minimum atomic E-state index is -3.73. The van der Waals surface area contributed by atoms with E-state index in [-0.39, 0.29) is 29.1 Å². The fraction of sp³-hybridized carbons (Fsp3) is 0.316. The first kappa shape index (κ1) is 19.3. The number of hydrogen-bond donors (Lipinski definition) is 2.